The van der Waals surface area contributed by atoms with Crippen LogP contribution in [-0.2, 0) is 0 Å². The summed E-state index contributed by atoms with van der Waals surface area (Å²) < 4.78 is 0. The number of benzene rings is 2. The summed E-state index contributed by atoms with van der Waals surface area (Å²) in [7, 11) is 0. The van der Waals surface area contributed by atoms with Crippen LogP contribution < -0.4 is 0 Å². The zero-order valence-electron chi connectivity index (χ0n) is 13.6. The van der Waals surface area contributed by atoms with Gasteiger partial charge in [-0.1, -0.05) is 72.1 Å². The van der Waals surface area contributed by atoms with E-state index in [0.29, 0.717) is 5.70 Å². The predicted molar refractivity (Wildman–Crippen MR) is 88.5 cm³/mol. The van der Waals surface area contributed by atoms with Crippen LogP contribution in [0.3, 0.4) is 0 Å². The molecule has 2 aromatic rings. The fraction of sp³-hybridized carbons (Fsp3) is 0.222. The second kappa shape index (κ2) is 13.2. The third-order valence-corrected chi connectivity index (χ3v) is 2.98. The van der Waals surface area contributed by atoms with Crippen LogP contribution in [0, 0.1) is 102 Å². The van der Waals surface area contributed by atoms with E-state index in [1.165, 1.54) is 11.1 Å². The molecule has 1 atom stereocenters. The van der Waals surface area contributed by atoms with Crippen LogP contribution in [0.5, 0.6) is 0 Å². The summed E-state index contributed by atoms with van der Waals surface area (Å²) in [6, 6.07) is 15.8. The zero-order valence-corrected chi connectivity index (χ0v) is 23.0. The monoisotopic (exact) mass is 720 g/mol. The summed E-state index contributed by atoms with van der Waals surface area (Å²) in [6.07, 6.45) is 0. The first-order valence-electron chi connectivity index (χ1n) is 6.65. The van der Waals surface area contributed by atoms with Gasteiger partial charge in [-0.3, -0.25) is 0 Å². The molecular weight excluding hydrogens is 698 g/mol. The SMILES string of the molecule is C=C([NH-])c1ccc(C)cc1.Cc1ccc(C(C)[NH-])cc1.[Ac].[Ac]. The van der Waals surface area contributed by atoms with Gasteiger partial charge in [-0.05, 0) is 19.4 Å². The number of nitrogens with one attached hydrogen (secondary N) is 2. The Morgan fingerprint density at radius 2 is 1.23 bits per heavy atom. The third kappa shape index (κ3) is 9.85. The van der Waals surface area contributed by atoms with Crippen molar-refractivity contribution in [1.82, 2.24) is 0 Å². The molecule has 0 saturated heterocycles. The molecule has 0 heterocycles. The van der Waals surface area contributed by atoms with Crippen molar-refractivity contribution in [2.45, 2.75) is 26.8 Å². The molecule has 4 heteroatoms. The molecule has 0 bridgehead atoms. The van der Waals surface area contributed by atoms with E-state index in [0.717, 1.165) is 11.1 Å². The zero-order chi connectivity index (χ0) is 15.1. The van der Waals surface area contributed by atoms with Crippen LogP contribution in [0.2, 0.25) is 0 Å². The second-order valence-corrected chi connectivity index (χ2v) is 4.98. The summed E-state index contributed by atoms with van der Waals surface area (Å²) in [5.74, 6) is 0. The van der Waals surface area contributed by atoms with Crippen LogP contribution in [0.25, 0.3) is 17.2 Å². The maximum Gasteiger partial charge on any atom is 0 e. The van der Waals surface area contributed by atoms with Gasteiger partial charge in [-0.15, -0.1) is 18.3 Å². The van der Waals surface area contributed by atoms with Crippen molar-refractivity contribution in [2.24, 2.45) is 0 Å². The average Bonchev–Trinajstić information content (AvgIpc) is 2.40. The number of hydrogen-bond acceptors (Lipinski definition) is 0. The molecular formula is C18H22Ac2N2-2. The smallest absolute Gasteiger partial charge is 0 e. The van der Waals surface area contributed by atoms with Crippen LogP contribution in [0.4, 0.5) is 0 Å². The number of hydrogen-bond donors (Lipinski definition) is 0. The Kier molecular flexibility index (Phi) is 15.0. The third-order valence-electron chi connectivity index (χ3n) is 2.98. The summed E-state index contributed by atoms with van der Waals surface area (Å²) >= 11 is 0. The minimum Gasteiger partial charge on any atom is -0.699 e. The standard InChI is InChI=1S/C9H12N.C9H10N.2Ac/c2*1-7-3-5-9(6-4-7)8(2)10;;/h3-6,8,10H,1-2H3;3-6,10H,2H2,1H3;;/q2*-1;;. The minimum atomic E-state index is -0.0967. The molecule has 0 aliphatic carbocycles. The molecule has 2 radical (unpaired) electrons. The molecule has 0 saturated carbocycles. The topological polar surface area (TPSA) is 47.6 Å². The molecule has 0 aliphatic heterocycles. The van der Waals surface area contributed by atoms with Crippen molar-refractivity contribution in [3.05, 3.63) is 88.8 Å². The van der Waals surface area contributed by atoms with E-state index in [1.807, 2.05) is 62.4 Å². The van der Waals surface area contributed by atoms with Gasteiger partial charge in [0.05, 0.1) is 0 Å². The van der Waals surface area contributed by atoms with Crippen molar-refractivity contribution < 1.29 is 88.1 Å². The summed E-state index contributed by atoms with van der Waals surface area (Å²) in [5.41, 5.74) is 19.4. The molecule has 1 unspecified atom stereocenters. The normalized spacial score (nSPS) is 10.2. The summed E-state index contributed by atoms with van der Waals surface area (Å²) in [5, 5.41) is 0. The first-order valence-corrected chi connectivity index (χ1v) is 6.65. The van der Waals surface area contributed by atoms with E-state index in [-0.39, 0.29) is 94.2 Å². The Balaban J connectivity index is 0. The maximum atomic E-state index is 7.39. The van der Waals surface area contributed by atoms with Crippen molar-refractivity contribution in [1.29, 1.82) is 0 Å². The molecule has 112 valence electrons. The molecule has 2 rings (SSSR count). The Hall–Kier alpha value is 0.823. The largest absolute Gasteiger partial charge is 0.699 e. The van der Waals surface area contributed by atoms with Crippen LogP contribution in [0.1, 0.15) is 35.2 Å². The predicted octanol–water partition coefficient (Wildman–Crippen LogP) is 6.13. The molecule has 0 amide bonds. The Morgan fingerprint density at radius 3 is 1.55 bits per heavy atom. The molecule has 2 N–H and O–H groups in total. The Labute approximate surface area is 206 Å². The molecule has 2 aromatic carbocycles. The molecule has 0 aliphatic rings. The fourth-order valence-electron chi connectivity index (χ4n) is 1.61. The van der Waals surface area contributed by atoms with E-state index in [2.05, 4.69) is 13.5 Å². The van der Waals surface area contributed by atoms with Crippen LogP contribution in [0.15, 0.2) is 55.1 Å². The Bertz CT molecular complexity index is 546. The van der Waals surface area contributed by atoms with Gasteiger partial charge in [0.2, 0.25) is 0 Å². The Morgan fingerprint density at radius 1 is 0.864 bits per heavy atom. The molecule has 22 heavy (non-hydrogen) atoms. The average molecular weight is 720 g/mol. The van der Waals surface area contributed by atoms with Gasteiger partial charge in [-0.2, -0.15) is 0 Å². The summed E-state index contributed by atoms with van der Waals surface area (Å²) in [6.45, 7) is 9.48. The van der Waals surface area contributed by atoms with Crippen LogP contribution in [-0.4, -0.2) is 0 Å². The van der Waals surface area contributed by atoms with E-state index in [9.17, 15) is 0 Å². The van der Waals surface area contributed by atoms with E-state index in [1.54, 1.807) is 0 Å². The quantitative estimate of drug-likeness (QED) is 0.359. The minimum absolute atomic E-state index is 0. The van der Waals surface area contributed by atoms with Gasteiger partial charge in [0, 0.05) is 88.1 Å². The van der Waals surface area contributed by atoms with E-state index >= 15 is 0 Å². The first kappa shape index (κ1) is 25.1. The second-order valence-electron chi connectivity index (χ2n) is 4.98. The fourth-order valence-corrected chi connectivity index (χ4v) is 1.61. The van der Waals surface area contributed by atoms with Gasteiger partial charge in [-0.25, -0.2) is 0 Å². The summed E-state index contributed by atoms with van der Waals surface area (Å²) in [4.78, 5) is 0. The number of rotatable bonds is 2. The van der Waals surface area contributed by atoms with Crippen molar-refractivity contribution in [3.8, 4) is 0 Å². The molecule has 2 nitrogen and oxygen atoms in total. The van der Waals surface area contributed by atoms with E-state index in [4.69, 9.17) is 11.5 Å². The maximum absolute atomic E-state index is 7.39. The van der Waals surface area contributed by atoms with Gasteiger partial charge >= 0.3 is 0 Å². The first-order chi connectivity index (χ1) is 9.40. The van der Waals surface area contributed by atoms with Gasteiger partial charge in [0.1, 0.15) is 0 Å². The van der Waals surface area contributed by atoms with Crippen molar-refractivity contribution in [2.75, 3.05) is 0 Å². The van der Waals surface area contributed by atoms with Crippen molar-refractivity contribution in [3.63, 3.8) is 0 Å². The van der Waals surface area contributed by atoms with Crippen molar-refractivity contribution >= 4 is 5.70 Å². The molecule has 0 fully saturated rings. The molecule has 0 aromatic heterocycles. The van der Waals surface area contributed by atoms with Gasteiger partial charge in [0.25, 0.3) is 0 Å². The van der Waals surface area contributed by atoms with Gasteiger partial charge in [0.15, 0.2) is 0 Å². The van der Waals surface area contributed by atoms with Crippen LogP contribution >= 0.6 is 0 Å². The molecule has 0 spiro atoms. The van der Waals surface area contributed by atoms with Gasteiger partial charge < -0.3 is 11.5 Å². The number of aryl methyl sites for hydroxylation is 2. The van der Waals surface area contributed by atoms with E-state index < -0.39 is 0 Å².